The van der Waals surface area contributed by atoms with Crippen LogP contribution in [0.15, 0.2) is 64.5 Å². The van der Waals surface area contributed by atoms with E-state index in [2.05, 4.69) is 44.2 Å². The Morgan fingerprint density at radius 1 is 0.974 bits per heavy atom. The first kappa shape index (κ1) is 26.7. The third-order valence-corrected chi connectivity index (χ3v) is 9.09. The highest BCUT2D eigenvalue weighted by Gasteiger charge is 2.43. The van der Waals surface area contributed by atoms with E-state index in [0.717, 1.165) is 80.4 Å². The molecule has 3 aromatic rings. The van der Waals surface area contributed by atoms with Crippen molar-refractivity contribution < 1.29 is 4.79 Å². The van der Waals surface area contributed by atoms with Gasteiger partial charge in [-0.1, -0.05) is 99.5 Å². The number of rotatable bonds is 9. The summed E-state index contributed by atoms with van der Waals surface area (Å²) < 4.78 is 1.85. The Balaban J connectivity index is 1.62. The molecule has 1 amide bonds. The number of fused-ring (bicyclic) bond motifs is 4. The van der Waals surface area contributed by atoms with Gasteiger partial charge in [0.05, 0.1) is 23.6 Å². The lowest BCUT2D eigenvalue weighted by atomic mass is 9.62. The zero-order valence-corrected chi connectivity index (χ0v) is 23.6. The minimum absolute atomic E-state index is 0.0733. The van der Waals surface area contributed by atoms with Gasteiger partial charge in [0, 0.05) is 24.1 Å². The van der Waals surface area contributed by atoms with Crippen molar-refractivity contribution in [1.82, 2.24) is 14.5 Å². The van der Waals surface area contributed by atoms with Crippen LogP contribution in [0.2, 0.25) is 0 Å². The van der Waals surface area contributed by atoms with Crippen LogP contribution in [0.5, 0.6) is 0 Å². The second-order valence-corrected chi connectivity index (χ2v) is 11.8. The number of aromatic nitrogens is 2. The van der Waals surface area contributed by atoms with Crippen LogP contribution >= 0.6 is 11.8 Å². The molecule has 5 rings (SSSR count). The molecular formula is C32H39N3O2S. The van der Waals surface area contributed by atoms with Crippen LogP contribution in [0.1, 0.15) is 75.5 Å². The highest BCUT2D eigenvalue weighted by atomic mass is 32.2. The topological polar surface area (TPSA) is 55.2 Å². The molecule has 0 atom stereocenters. The molecule has 0 unspecified atom stereocenters. The monoisotopic (exact) mass is 529 g/mol. The van der Waals surface area contributed by atoms with Gasteiger partial charge in [-0.3, -0.25) is 14.2 Å². The highest BCUT2D eigenvalue weighted by molar-refractivity contribution is 7.99. The van der Waals surface area contributed by atoms with Gasteiger partial charge in [-0.25, -0.2) is 4.98 Å². The molecule has 2 aliphatic rings. The Labute approximate surface area is 230 Å². The van der Waals surface area contributed by atoms with Gasteiger partial charge in [-0.05, 0) is 43.2 Å². The average molecular weight is 530 g/mol. The fourth-order valence-corrected chi connectivity index (χ4v) is 7.25. The summed E-state index contributed by atoms with van der Waals surface area (Å²) in [5.74, 6) is 0.397. The fraction of sp³-hybridized carbons (Fsp3) is 0.469. The Kier molecular flexibility index (Phi) is 8.37. The van der Waals surface area contributed by atoms with Gasteiger partial charge in [0.25, 0.3) is 5.56 Å². The highest BCUT2D eigenvalue weighted by Crippen LogP contribution is 2.48. The van der Waals surface area contributed by atoms with E-state index in [1.165, 1.54) is 23.7 Å². The Morgan fingerprint density at radius 3 is 2.37 bits per heavy atom. The SMILES string of the molecule is CCCN(CCC)C(=O)CSc1nc2c(c(=O)n1Cc1ccccc1)C1(CCCCC1)Cc1ccccc1-2. The van der Waals surface area contributed by atoms with Crippen LogP contribution in [0, 0.1) is 0 Å². The number of amides is 1. The lowest BCUT2D eigenvalue weighted by Gasteiger charge is -2.42. The van der Waals surface area contributed by atoms with Gasteiger partial charge in [0.1, 0.15) is 0 Å². The Bertz CT molecular complexity index is 1320. The molecule has 38 heavy (non-hydrogen) atoms. The van der Waals surface area contributed by atoms with Crippen molar-refractivity contribution in [2.75, 3.05) is 18.8 Å². The first-order valence-electron chi connectivity index (χ1n) is 14.2. The van der Waals surface area contributed by atoms with E-state index in [-0.39, 0.29) is 22.6 Å². The van der Waals surface area contributed by atoms with E-state index in [1.807, 2.05) is 33.7 Å². The maximum Gasteiger partial charge on any atom is 0.258 e. The molecule has 1 heterocycles. The lowest BCUT2D eigenvalue weighted by molar-refractivity contribution is -0.128. The van der Waals surface area contributed by atoms with E-state index >= 15 is 0 Å². The molecule has 2 aliphatic carbocycles. The van der Waals surface area contributed by atoms with Crippen molar-refractivity contribution >= 4 is 17.7 Å². The molecular weight excluding hydrogens is 490 g/mol. The zero-order valence-electron chi connectivity index (χ0n) is 22.7. The molecule has 1 saturated carbocycles. The minimum atomic E-state index is -0.150. The minimum Gasteiger partial charge on any atom is -0.342 e. The first-order valence-corrected chi connectivity index (χ1v) is 15.2. The normalized spacial score (nSPS) is 15.6. The van der Waals surface area contributed by atoms with Crippen LogP contribution in [-0.4, -0.2) is 39.2 Å². The summed E-state index contributed by atoms with van der Waals surface area (Å²) in [4.78, 5) is 34.9. The van der Waals surface area contributed by atoms with Crippen molar-refractivity contribution in [2.24, 2.45) is 0 Å². The second kappa shape index (κ2) is 11.9. The molecule has 0 N–H and O–H groups in total. The van der Waals surface area contributed by atoms with Crippen molar-refractivity contribution in [3.05, 3.63) is 81.6 Å². The van der Waals surface area contributed by atoms with Crippen molar-refractivity contribution in [3.63, 3.8) is 0 Å². The quantitative estimate of drug-likeness (QED) is 0.236. The summed E-state index contributed by atoms with van der Waals surface area (Å²) in [5.41, 5.74) is 5.11. The Hall–Kier alpha value is -2.86. The van der Waals surface area contributed by atoms with Crippen LogP contribution in [-0.2, 0) is 23.2 Å². The van der Waals surface area contributed by atoms with Gasteiger partial charge in [0.15, 0.2) is 5.16 Å². The fourth-order valence-electron chi connectivity index (χ4n) is 6.36. The molecule has 1 aromatic heterocycles. The number of hydrogen-bond donors (Lipinski definition) is 0. The van der Waals surface area contributed by atoms with Gasteiger partial charge < -0.3 is 4.90 Å². The molecule has 2 aromatic carbocycles. The van der Waals surface area contributed by atoms with E-state index < -0.39 is 0 Å². The van der Waals surface area contributed by atoms with Gasteiger partial charge >= 0.3 is 0 Å². The third-order valence-electron chi connectivity index (χ3n) is 8.12. The molecule has 5 nitrogen and oxygen atoms in total. The lowest BCUT2D eigenvalue weighted by Crippen LogP contribution is -2.43. The molecule has 1 spiro atoms. The largest absolute Gasteiger partial charge is 0.342 e. The van der Waals surface area contributed by atoms with Crippen molar-refractivity contribution in [1.29, 1.82) is 0 Å². The molecule has 0 aliphatic heterocycles. The summed E-state index contributed by atoms with van der Waals surface area (Å²) in [6, 6.07) is 18.6. The predicted octanol–water partition coefficient (Wildman–Crippen LogP) is 6.46. The van der Waals surface area contributed by atoms with Gasteiger partial charge in [-0.2, -0.15) is 0 Å². The van der Waals surface area contributed by atoms with Gasteiger partial charge in [0.2, 0.25) is 5.91 Å². The average Bonchev–Trinajstić information content (AvgIpc) is 2.94. The molecule has 200 valence electrons. The number of nitrogens with zero attached hydrogens (tertiary/aromatic N) is 3. The standard InChI is InChI=1S/C32H39N3O2S/c1-3-19-34(20-4-2)27(36)23-38-31-33-29-26-16-10-9-15-25(26)21-32(17-11-6-12-18-32)28(29)30(37)35(31)22-24-13-7-5-8-14-24/h5,7-10,13-16H,3-4,6,11-12,17-23H2,1-2H3. The summed E-state index contributed by atoms with van der Waals surface area (Å²) in [7, 11) is 0. The van der Waals surface area contributed by atoms with E-state index in [1.54, 1.807) is 0 Å². The molecule has 0 saturated heterocycles. The molecule has 0 bridgehead atoms. The van der Waals surface area contributed by atoms with Crippen LogP contribution in [0.3, 0.4) is 0 Å². The van der Waals surface area contributed by atoms with E-state index in [9.17, 15) is 9.59 Å². The van der Waals surface area contributed by atoms with Crippen molar-refractivity contribution in [3.8, 4) is 11.3 Å². The van der Waals surface area contributed by atoms with E-state index in [0.29, 0.717) is 11.7 Å². The summed E-state index contributed by atoms with van der Waals surface area (Å²) in [6.07, 6.45) is 8.37. The van der Waals surface area contributed by atoms with Gasteiger partial charge in [-0.15, -0.1) is 0 Å². The van der Waals surface area contributed by atoms with Crippen LogP contribution in [0.25, 0.3) is 11.3 Å². The number of hydrogen-bond acceptors (Lipinski definition) is 4. The molecule has 6 heteroatoms. The predicted molar refractivity (Wildman–Crippen MR) is 156 cm³/mol. The maximum absolute atomic E-state index is 14.5. The Morgan fingerprint density at radius 2 is 1.66 bits per heavy atom. The second-order valence-electron chi connectivity index (χ2n) is 10.8. The number of carbonyl (C=O) groups is 1. The smallest absolute Gasteiger partial charge is 0.258 e. The zero-order chi connectivity index (χ0) is 26.5. The van der Waals surface area contributed by atoms with Crippen molar-refractivity contribution in [2.45, 2.75) is 82.3 Å². The van der Waals surface area contributed by atoms with E-state index in [4.69, 9.17) is 4.98 Å². The van der Waals surface area contributed by atoms with Crippen LogP contribution in [0.4, 0.5) is 0 Å². The molecule has 0 radical (unpaired) electrons. The maximum atomic E-state index is 14.5. The summed E-state index contributed by atoms with van der Waals surface area (Å²) in [5, 5.41) is 0.640. The number of benzene rings is 2. The number of carbonyl (C=O) groups excluding carboxylic acids is 1. The molecule has 1 fully saturated rings. The first-order chi connectivity index (χ1) is 18.6. The summed E-state index contributed by atoms with van der Waals surface area (Å²) >= 11 is 1.41. The van der Waals surface area contributed by atoms with Crippen LogP contribution < -0.4 is 5.56 Å². The third kappa shape index (κ3) is 5.33. The summed E-state index contributed by atoms with van der Waals surface area (Å²) in [6.45, 7) is 6.19. The number of thioether (sulfide) groups is 1.